The molecule has 9 heavy (non-hydrogen) atoms. The third-order valence-corrected chi connectivity index (χ3v) is 0.930. The fraction of sp³-hybridized carbons (Fsp3) is 0.250. The van der Waals surface area contributed by atoms with Crippen molar-refractivity contribution in [3.05, 3.63) is 6.20 Å². The molecule has 5 nitrogen and oxygen atoms in total. The van der Waals surface area contributed by atoms with Crippen molar-refractivity contribution in [3.63, 3.8) is 0 Å². The average molecular weight is 128 g/mol. The Bertz CT molecular complexity index is 206. The number of nitrogens with zero attached hydrogens (tertiary/aromatic N) is 2. The topological polar surface area (TPSA) is 76.1 Å². The normalized spacial score (nSPS) is 9.44. The van der Waals surface area contributed by atoms with Crippen LogP contribution in [0, 0.1) is 0 Å². The molecule has 0 saturated carbocycles. The van der Waals surface area contributed by atoms with E-state index in [1.807, 2.05) is 0 Å². The number of anilines is 2. The summed E-state index contributed by atoms with van der Waals surface area (Å²) in [6.07, 6.45) is 1.31. The third-order valence-electron chi connectivity index (χ3n) is 0.930. The summed E-state index contributed by atoms with van der Waals surface area (Å²) in [7, 11) is 1.65. The van der Waals surface area contributed by atoms with E-state index < -0.39 is 0 Å². The van der Waals surface area contributed by atoms with Gasteiger partial charge in [0, 0.05) is 7.05 Å². The summed E-state index contributed by atoms with van der Waals surface area (Å²) in [5.41, 5.74) is 5.22. The second-order valence-corrected chi connectivity index (χ2v) is 1.58. The summed E-state index contributed by atoms with van der Waals surface area (Å²) in [5.74, 6) is 0.634. The zero-order chi connectivity index (χ0) is 6.85. The molecular formula is C4H8N4O. The molecule has 0 fully saturated rings. The molecule has 1 rings (SSSR count). The molecule has 4 N–H and O–H groups in total. The van der Waals surface area contributed by atoms with Crippen LogP contribution in [0.3, 0.4) is 0 Å². The van der Waals surface area contributed by atoms with Gasteiger partial charge in [-0.1, -0.05) is 0 Å². The average Bonchev–Trinajstić information content (AvgIpc) is 2.10. The number of hydrogen-bond donors (Lipinski definition) is 3. The molecule has 0 atom stereocenters. The lowest BCUT2D eigenvalue weighted by Gasteiger charge is -1.93. The van der Waals surface area contributed by atoms with Crippen molar-refractivity contribution in [2.75, 3.05) is 18.1 Å². The Morgan fingerprint density at radius 1 is 1.89 bits per heavy atom. The maximum Gasteiger partial charge on any atom is 0.238 e. The highest BCUT2D eigenvalue weighted by Crippen LogP contribution is 2.04. The van der Waals surface area contributed by atoms with E-state index in [9.17, 15) is 0 Å². The highest BCUT2D eigenvalue weighted by Gasteiger charge is 1.99. The van der Waals surface area contributed by atoms with Gasteiger partial charge in [-0.15, -0.1) is 0 Å². The number of aromatic nitrogens is 2. The molecule has 0 bridgehead atoms. The van der Waals surface area contributed by atoms with Gasteiger partial charge in [-0.3, -0.25) is 0 Å². The molecule has 50 valence electrons. The van der Waals surface area contributed by atoms with Crippen LogP contribution in [0.1, 0.15) is 0 Å². The second kappa shape index (κ2) is 1.85. The lowest BCUT2D eigenvalue weighted by molar-refractivity contribution is 0.192. The van der Waals surface area contributed by atoms with Crippen LogP contribution >= 0.6 is 0 Å². The minimum atomic E-state index is 0.293. The van der Waals surface area contributed by atoms with Crippen molar-refractivity contribution >= 4 is 11.8 Å². The molecule has 0 spiro atoms. The van der Waals surface area contributed by atoms with Crippen molar-refractivity contribution in [3.8, 4) is 0 Å². The first kappa shape index (κ1) is 5.74. The van der Waals surface area contributed by atoms with Crippen LogP contribution in [0.25, 0.3) is 0 Å². The van der Waals surface area contributed by atoms with Crippen LogP contribution in [-0.4, -0.2) is 22.0 Å². The van der Waals surface area contributed by atoms with Crippen molar-refractivity contribution in [1.29, 1.82) is 0 Å². The Kier molecular flexibility index (Phi) is 1.18. The van der Waals surface area contributed by atoms with Gasteiger partial charge >= 0.3 is 0 Å². The minimum Gasteiger partial charge on any atom is -0.425 e. The Morgan fingerprint density at radius 3 is 2.78 bits per heavy atom. The molecule has 0 aromatic carbocycles. The van der Waals surface area contributed by atoms with Crippen molar-refractivity contribution in [2.24, 2.45) is 0 Å². The molecule has 0 aliphatic carbocycles. The minimum absolute atomic E-state index is 0.293. The lowest BCUT2D eigenvalue weighted by atomic mass is 10.8. The largest absolute Gasteiger partial charge is 0.425 e. The van der Waals surface area contributed by atoms with Gasteiger partial charge in [0.1, 0.15) is 5.82 Å². The van der Waals surface area contributed by atoms with E-state index in [1.165, 1.54) is 6.20 Å². The van der Waals surface area contributed by atoms with E-state index >= 15 is 0 Å². The van der Waals surface area contributed by atoms with E-state index in [2.05, 4.69) is 10.3 Å². The van der Waals surface area contributed by atoms with Crippen LogP contribution in [0.2, 0.25) is 0 Å². The summed E-state index contributed by atoms with van der Waals surface area (Å²) in [4.78, 5) is 3.71. The number of imidazole rings is 1. The Balaban J connectivity index is 3.01. The smallest absolute Gasteiger partial charge is 0.238 e. The molecule has 1 aromatic heterocycles. The number of nitrogens with one attached hydrogen (secondary N) is 1. The van der Waals surface area contributed by atoms with Gasteiger partial charge in [0.2, 0.25) is 5.95 Å². The van der Waals surface area contributed by atoms with Gasteiger partial charge in [-0.25, -0.2) is 0 Å². The maximum absolute atomic E-state index is 8.84. The van der Waals surface area contributed by atoms with Crippen LogP contribution in [0.4, 0.5) is 11.8 Å². The lowest BCUT2D eigenvalue weighted by Crippen LogP contribution is -1.97. The first-order valence-corrected chi connectivity index (χ1v) is 2.46. The molecule has 0 unspecified atom stereocenters. The first-order valence-electron chi connectivity index (χ1n) is 2.46. The summed E-state index contributed by atoms with van der Waals surface area (Å²) in [6.45, 7) is 0. The van der Waals surface area contributed by atoms with Gasteiger partial charge < -0.3 is 16.3 Å². The van der Waals surface area contributed by atoms with Gasteiger partial charge in [0.15, 0.2) is 0 Å². The fourth-order valence-electron chi connectivity index (χ4n) is 0.559. The summed E-state index contributed by atoms with van der Waals surface area (Å²) < 4.78 is 0.829. The monoisotopic (exact) mass is 128 g/mol. The molecule has 0 aliphatic heterocycles. The van der Waals surface area contributed by atoms with Gasteiger partial charge in [-0.2, -0.15) is 9.71 Å². The standard InChI is InChI=1S/C4H8N4O/c1-6-4-7-3(5)2-8(4)9/h2,9H,5H2,1H3,(H,6,7). The second-order valence-electron chi connectivity index (χ2n) is 1.58. The molecule has 0 saturated heterocycles. The Morgan fingerprint density at radius 2 is 2.56 bits per heavy atom. The number of hydrogen-bond acceptors (Lipinski definition) is 4. The van der Waals surface area contributed by atoms with Crippen LogP contribution in [0.5, 0.6) is 0 Å². The Labute approximate surface area is 52.1 Å². The molecule has 0 aliphatic rings. The van der Waals surface area contributed by atoms with Crippen molar-refractivity contribution in [2.45, 2.75) is 0 Å². The van der Waals surface area contributed by atoms with Crippen LogP contribution in [0.15, 0.2) is 6.20 Å². The summed E-state index contributed by atoms with van der Waals surface area (Å²) in [6, 6.07) is 0. The predicted octanol–water partition coefficient (Wildman–Crippen LogP) is -0.256. The van der Waals surface area contributed by atoms with Gasteiger partial charge in [-0.05, 0) is 0 Å². The summed E-state index contributed by atoms with van der Waals surface area (Å²) >= 11 is 0. The summed E-state index contributed by atoms with van der Waals surface area (Å²) in [5, 5.41) is 11.5. The quantitative estimate of drug-likeness (QED) is 0.455. The maximum atomic E-state index is 8.84. The molecule has 5 heteroatoms. The molecule has 1 aromatic rings. The molecule has 1 heterocycles. The van der Waals surface area contributed by atoms with Crippen LogP contribution in [-0.2, 0) is 0 Å². The van der Waals surface area contributed by atoms with E-state index in [0.29, 0.717) is 11.8 Å². The first-order chi connectivity index (χ1) is 4.24. The fourth-order valence-corrected chi connectivity index (χ4v) is 0.559. The van der Waals surface area contributed by atoms with E-state index in [-0.39, 0.29) is 0 Å². The zero-order valence-electron chi connectivity index (χ0n) is 5.00. The van der Waals surface area contributed by atoms with Gasteiger partial charge in [0.25, 0.3) is 0 Å². The van der Waals surface area contributed by atoms with Crippen molar-refractivity contribution < 1.29 is 5.21 Å². The Hall–Kier alpha value is -1.39. The highest BCUT2D eigenvalue weighted by atomic mass is 16.5. The SMILES string of the molecule is CNc1nc(N)cn1O. The van der Waals surface area contributed by atoms with E-state index in [4.69, 9.17) is 10.9 Å². The number of nitrogens with two attached hydrogens (primary N) is 1. The zero-order valence-corrected chi connectivity index (χ0v) is 5.00. The third kappa shape index (κ3) is 0.883. The number of rotatable bonds is 1. The highest BCUT2D eigenvalue weighted by molar-refractivity contribution is 5.36. The molecule has 0 amide bonds. The molecular weight excluding hydrogens is 120 g/mol. The molecule has 0 radical (unpaired) electrons. The van der Waals surface area contributed by atoms with E-state index in [1.54, 1.807) is 7.05 Å². The van der Waals surface area contributed by atoms with E-state index in [0.717, 1.165) is 4.73 Å². The number of nitrogen functional groups attached to an aromatic ring is 1. The van der Waals surface area contributed by atoms with Gasteiger partial charge in [0.05, 0.1) is 6.20 Å². The van der Waals surface area contributed by atoms with Crippen LogP contribution < -0.4 is 11.1 Å². The predicted molar refractivity (Wildman–Crippen MR) is 33.4 cm³/mol. The van der Waals surface area contributed by atoms with Crippen molar-refractivity contribution in [1.82, 2.24) is 9.71 Å².